The standard InChI is InChI=1S/C9H9F4NO3S/c10-6-1-5(4-15)2-7(9(6)13)18(16,17)14-3-8(11)12/h1-2,8,14-15H,3-4H2. The molecule has 0 atom stereocenters. The number of alkyl halides is 2. The van der Waals surface area contributed by atoms with E-state index in [4.69, 9.17) is 5.11 Å². The maximum absolute atomic E-state index is 13.3. The molecule has 0 aromatic heterocycles. The van der Waals surface area contributed by atoms with E-state index in [0.717, 1.165) is 0 Å². The van der Waals surface area contributed by atoms with Crippen LogP contribution >= 0.6 is 0 Å². The molecule has 2 N–H and O–H groups in total. The molecule has 0 heterocycles. The van der Waals surface area contributed by atoms with Crippen LogP contribution < -0.4 is 4.72 Å². The fourth-order valence-corrected chi connectivity index (χ4v) is 2.30. The molecule has 18 heavy (non-hydrogen) atoms. The van der Waals surface area contributed by atoms with Crippen molar-refractivity contribution in [1.82, 2.24) is 4.72 Å². The summed E-state index contributed by atoms with van der Waals surface area (Å²) in [6.07, 6.45) is -2.96. The summed E-state index contributed by atoms with van der Waals surface area (Å²) in [7, 11) is -4.60. The molecule has 0 radical (unpaired) electrons. The predicted molar refractivity (Wildman–Crippen MR) is 53.5 cm³/mol. The van der Waals surface area contributed by atoms with Gasteiger partial charge in [-0.3, -0.25) is 0 Å². The highest BCUT2D eigenvalue weighted by Crippen LogP contribution is 2.20. The van der Waals surface area contributed by atoms with Gasteiger partial charge < -0.3 is 5.11 Å². The Morgan fingerprint density at radius 1 is 1.28 bits per heavy atom. The Balaban J connectivity index is 3.19. The van der Waals surface area contributed by atoms with Gasteiger partial charge in [0.25, 0.3) is 6.43 Å². The van der Waals surface area contributed by atoms with Gasteiger partial charge in [0.2, 0.25) is 10.0 Å². The van der Waals surface area contributed by atoms with Crippen LogP contribution in [0, 0.1) is 11.6 Å². The van der Waals surface area contributed by atoms with Gasteiger partial charge >= 0.3 is 0 Å². The summed E-state index contributed by atoms with van der Waals surface area (Å²) in [4.78, 5) is -1.12. The lowest BCUT2D eigenvalue weighted by molar-refractivity contribution is 0.153. The first-order chi connectivity index (χ1) is 8.27. The zero-order valence-corrected chi connectivity index (χ0v) is 9.65. The molecule has 0 aliphatic rings. The van der Waals surface area contributed by atoms with Crippen LogP contribution in [-0.2, 0) is 16.6 Å². The Hall–Kier alpha value is -1.19. The molecule has 0 spiro atoms. The van der Waals surface area contributed by atoms with Gasteiger partial charge in [0.05, 0.1) is 13.2 Å². The zero-order chi connectivity index (χ0) is 13.9. The maximum atomic E-state index is 13.3. The highest BCUT2D eigenvalue weighted by molar-refractivity contribution is 7.89. The summed E-state index contributed by atoms with van der Waals surface area (Å²) in [6.45, 7) is -1.93. The van der Waals surface area contributed by atoms with Gasteiger partial charge in [0.15, 0.2) is 11.6 Å². The SMILES string of the molecule is O=S(=O)(NCC(F)F)c1cc(CO)cc(F)c1F. The molecule has 9 heteroatoms. The number of hydrogen-bond acceptors (Lipinski definition) is 3. The molecule has 1 aromatic rings. The van der Waals surface area contributed by atoms with Gasteiger partial charge in [0.1, 0.15) is 4.90 Å². The molecule has 0 saturated carbocycles. The average Bonchev–Trinajstić information content (AvgIpc) is 2.29. The fraction of sp³-hybridized carbons (Fsp3) is 0.333. The summed E-state index contributed by atoms with van der Waals surface area (Å²) < 4.78 is 74.4. The molecule has 0 saturated heterocycles. The molecular weight excluding hydrogens is 278 g/mol. The smallest absolute Gasteiger partial charge is 0.251 e. The van der Waals surface area contributed by atoms with E-state index in [-0.39, 0.29) is 5.56 Å². The predicted octanol–water partition coefficient (Wildman–Crippen LogP) is 1.00. The Bertz CT molecular complexity index is 533. The number of halogens is 4. The first kappa shape index (κ1) is 14.9. The lowest BCUT2D eigenvalue weighted by Gasteiger charge is -2.09. The van der Waals surface area contributed by atoms with Crippen LogP contribution in [-0.4, -0.2) is 26.5 Å². The van der Waals surface area contributed by atoms with E-state index in [9.17, 15) is 26.0 Å². The zero-order valence-electron chi connectivity index (χ0n) is 8.83. The minimum atomic E-state index is -4.60. The number of rotatable bonds is 5. The Kier molecular flexibility index (Phi) is 4.65. The lowest BCUT2D eigenvalue weighted by Crippen LogP contribution is -2.29. The summed E-state index contributed by atoms with van der Waals surface area (Å²) in [5, 5.41) is 8.74. The van der Waals surface area contributed by atoms with Crippen LogP contribution in [0.15, 0.2) is 17.0 Å². The number of aliphatic hydroxyl groups excluding tert-OH is 1. The van der Waals surface area contributed by atoms with E-state index in [1.165, 1.54) is 4.72 Å². The second kappa shape index (κ2) is 5.63. The van der Waals surface area contributed by atoms with Crippen LogP contribution in [0.5, 0.6) is 0 Å². The molecule has 102 valence electrons. The molecule has 1 rings (SSSR count). The van der Waals surface area contributed by atoms with Crippen molar-refractivity contribution in [3.8, 4) is 0 Å². The Morgan fingerprint density at radius 2 is 1.89 bits per heavy atom. The highest BCUT2D eigenvalue weighted by atomic mass is 32.2. The molecule has 0 aliphatic heterocycles. The monoisotopic (exact) mass is 287 g/mol. The van der Waals surface area contributed by atoms with E-state index in [1.807, 2.05) is 0 Å². The summed E-state index contributed by atoms with van der Waals surface area (Å²) in [6, 6.07) is 1.29. The molecule has 0 amide bonds. The first-order valence-corrected chi connectivity index (χ1v) is 6.13. The number of sulfonamides is 1. The number of hydrogen-bond donors (Lipinski definition) is 2. The molecule has 0 aliphatic carbocycles. The van der Waals surface area contributed by atoms with Gasteiger partial charge in [-0.05, 0) is 17.7 Å². The van der Waals surface area contributed by atoms with Crippen molar-refractivity contribution < 1.29 is 31.1 Å². The molecule has 0 bridgehead atoms. The third-order valence-corrected chi connectivity index (χ3v) is 3.38. The highest BCUT2D eigenvalue weighted by Gasteiger charge is 2.23. The van der Waals surface area contributed by atoms with Crippen LogP contribution in [0.4, 0.5) is 17.6 Å². The van der Waals surface area contributed by atoms with E-state index in [0.29, 0.717) is 12.1 Å². The van der Waals surface area contributed by atoms with Crippen molar-refractivity contribution in [2.24, 2.45) is 0 Å². The quantitative estimate of drug-likeness (QED) is 0.794. The number of aliphatic hydroxyl groups is 1. The summed E-state index contributed by atoms with van der Waals surface area (Å²) in [5.74, 6) is -3.17. The van der Waals surface area contributed by atoms with Crippen molar-refractivity contribution in [2.75, 3.05) is 6.54 Å². The second-order valence-electron chi connectivity index (χ2n) is 3.29. The average molecular weight is 287 g/mol. The van der Waals surface area contributed by atoms with Gasteiger partial charge in [-0.1, -0.05) is 0 Å². The van der Waals surface area contributed by atoms with Crippen molar-refractivity contribution in [3.05, 3.63) is 29.3 Å². The van der Waals surface area contributed by atoms with Crippen molar-refractivity contribution >= 4 is 10.0 Å². The van der Waals surface area contributed by atoms with E-state index >= 15 is 0 Å². The van der Waals surface area contributed by atoms with Crippen LogP contribution in [0.1, 0.15) is 5.56 Å². The van der Waals surface area contributed by atoms with Crippen LogP contribution in [0.25, 0.3) is 0 Å². The molecule has 1 aromatic carbocycles. The normalized spacial score (nSPS) is 12.1. The van der Waals surface area contributed by atoms with E-state index in [2.05, 4.69) is 0 Å². The molecule has 0 fully saturated rings. The van der Waals surface area contributed by atoms with Crippen molar-refractivity contribution in [2.45, 2.75) is 17.9 Å². The third kappa shape index (κ3) is 3.40. The van der Waals surface area contributed by atoms with Crippen LogP contribution in [0.2, 0.25) is 0 Å². The number of nitrogens with one attached hydrogen (secondary N) is 1. The van der Waals surface area contributed by atoms with E-state index in [1.54, 1.807) is 0 Å². The topological polar surface area (TPSA) is 66.4 Å². The van der Waals surface area contributed by atoms with Gasteiger partial charge in [-0.15, -0.1) is 0 Å². The largest absolute Gasteiger partial charge is 0.392 e. The summed E-state index contributed by atoms with van der Waals surface area (Å²) in [5.41, 5.74) is -0.189. The second-order valence-corrected chi connectivity index (χ2v) is 5.03. The summed E-state index contributed by atoms with van der Waals surface area (Å²) >= 11 is 0. The molecular formula is C9H9F4NO3S. The van der Waals surface area contributed by atoms with Crippen molar-refractivity contribution in [1.29, 1.82) is 0 Å². The lowest BCUT2D eigenvalue weighted by atomic mass is 10.2. The Labute approximate surface area is 100 Å². The molecule has 0 unspecified atom stereocenters. The maximum Gasteiger partial charge on any atom is 0.251 e. The minimum Gasteiger partial charge on any atom is -0.392 e. The number of benzene rings is 1. The first-order valence-electron chi connectivity index (χ1n) is 4.64. The fourth-order valence-electron chi connectivity index (χ4n) is 1.15. The van der Waals surface area contributed by atoms with Gasteiger partial charge in [-0.2, -0.15) is 0 Å². The van der Waals surface area contributed by atoms with Crippen LogP contribution in [0.3, 0.4) is 0 Å². The van der Waals surface area contributed by atoms with Gasteiger partial charge in [-0.25, -0.2) is 30.7 Å². The molecule has 4 nitrogen and oxygen atoms in total. The van der Waals surface area contributed by atoms with Gasteiger partial charge in [0, 0.05) is 0 Å². The third-order valence-electron chi connectivity index (χ3n) is 1.95. The minimum absolute atomic E-state index is 0.189. The Morgan fingerprint density at radius 3 is 2.39 bits per heavy atom. The van der Waals surface area contributed by atoms with E-state index < -0.39 is 46.1 Å². The van der Waals surface area contributed by atoms with Crippen molar-refractivity contribution in [3.63, 3.8) is 0 Å².